The number of nitrogens with zero attached hydrogens (tertiary/aromatic N) is 4. The van der Waals surface area contributed by atoms with Gasteiger partial charge in [-0.25, -0.2) is 4.52 Å². The maximum absolute atomic E-state index is 12.8. The average Bonchev–Trinajstić information content (AvgIpc) is 3.14. The number of aromatic nitrogens is 2. The molecule has 7 nitrogen and oxygen atoms in total. The van der Waals surface area contributed by atoms with Crippen LogP contribution >= 0.6 is 11.6 Å². The fourth-order valence-corrected chi connectivity index (χ4v) is 3.52. The molecule has 1 aromatic carbocycles. The number of hydrogen-bond acceptors (Lipinski definition) is 4. The van der Waals surface area contributed by atoms with Gasteiger partial charge in [0.2, 0.25) is 5.91 Å². The number of pyridine rings is 1. The van der Waals surface area contributed by atoms with Crippen molar-refractivity contribution in [1.29, 1.82) is 0 Å². The van der Waals surface area contributed by atoms with Crippen molar-refractivity contribution in [3.05, 3.63) is 65.4 Å². The van der Waals surface area contributed by atoms with Crippen molar-refractivity contribution in [2.75, 3.05) is 38.0 Å². The molecule has 28 heavy (non-hydrogen) atoms. The molecular weight excluding hydrogens is 378 g/mol. The van der Waals surface area contributed by atoms with Crippen molar-refractivity contribution >= 4 is 34.6 Å². The number of piperazine rings is 1. The molecule has 4 rings (SSSR count). The maximum atomic E-state index is 12.8. The lowest BCUT2D eigenvalue weighted by molar-refractivity contribution is -0.117. The summed E-state index contributed by atoms with van der Waals surface area (Å²) < 4.78 is 1.70. The van der Waals surface area contributed by atoms with Gasteiger partial charge in [0.15, 0.2) is 0 Å². The van der Waals surface area contributed by atoms with Crippen molar-refractivity contribution in [2.24, 2.45) is 0 Å². The van der Waals surface area contributed by atoms with Gasteiger partial charge in [-0.05, 0) is 24.3 Å². The maximum Gasteiger partial charge on any atom is 0.257 e. The number of benzene rings is 1. The van der Waals surface area contributed by atoms with Gasteiger partial charge in [-0.2, -0.15) is 5.10 Å². The Balaban J connectivity index is 1.32. The van der Waals surface area contributed by atoms with Crippen molar-refractivity contribution in [1.82, 2.24) is 19.4 Å². The van der Waals surface area contributed by atoms with E-state index in [1.165, 1.54) is 0 Å². The number of nitrogens with one attached hydrogen (secondary N) is 1. The summed E-state index contributed by atoms with van der Waals surface area (Å²) in [6.45, 7) is 2.69. The second-order valence-electron chi connectivity index (χ2n) is 6.69. The first-order valence-corrected chi connectivity index (χ1v) is 9.48. The Bertz CT molecular complexity index is 1010. The molecule has 1 saturated heterocycles. The summed E-state index contributed by atoms with van der Waals surface area (Å²) in [5, 5.41) is 7.57. The normalized spacial score (nSPS) is 15.0. The zero-order valence-electron chi connectivity index (χ0n) is 15.2. The molecule has 0 bridgehead atoms. The van der Waals surface area contributed by atoms with E-state index in [0.717, 1.165) is 5.52 Å². The van der Waals surface area contributed by atoms with Crippen LogP contribution in [0.2, 0.25) is 5.02 Å². The fourth-order valence-electron chi connectivity index (χ4n) is 3.33. The molecule has 3 aromatic rings. The molecular formula is C20H20ClN5O2. The van der Waals surface area contributed by atoms with Gasteiger partial charge in [0.1, 0.15) is 0 Å². The minimum Gasteiger partial charge on any atom is -0.336 e. The number of anilines is 1. The molecule has 1 aliphatic heterocycles. The minimum absolute atomic E-state index is 0.0265. The monoisotopic (exact) mass is 397 g/mol. The van der Waals surface area contributed by atoms with Crippen molar-refractivity contribution < 1.29 is 9.59 Å². The van der Waals surface area contributed by atoms with E-state index in [-0.39, 0.29) is 18.4 Å². The number of carbonyl (C=O) groups excluding carboxylic acids is 2. The van der Waals surface area contributed by atoms with Gasteiger partial charge >= 0.3 is 0 Å². The molecule has 1 fully saturated rings. The quantitative estimate of drug-likeness (QED) is 0.733. The predicted molar refractivity (Wildman–Crippen MR) is 108 cm³/mol. The molecule has 144 valence electrons. The highest BCUT2D eigenvalue weighted by atomic mass is 35.5. The van der Waals surface area contributed by atoms with Crippen LogP contribution in [0.5, 0.6) is 0 Å². The molecule has 8 heteroatoms. The van der Waals surface area contributed by atoms with Crippen molar-refractivity contribution in [3.63, 3.8) is 0 Å². The topological polar surface area (TPSA) is 70.0 Å². The number of hydrogen-bond donors (Lipinski definition) is 1. The van der Waals surface area contributed by atoms with E-state index in [1.54, 1.807) is 22.8 Å². The molecule has 0 spiro atoms. The summed E-state index contributed by atoms with van der Waals surface area (Å²) in [7, 11) is 0. The number of fused-ring (bicyclic) bond motifs is 1. The highest BCUT2D eigenvalue weighted by Crippen LogP contribution is 2.20. The highest BCUT2D eigenvalue weighted by Gasteiger charge is 2.25. The summed E-state index contributed by atoms with van der Waals surface area (Å²) in [5.74, 6) is -0.142. The second kappa shape index (κ2) is 8.00. The Morgan fingerprint density at radius 3 is 2.57 bits per heavy atom. The first-order valence-electron chi connectivity index (χ1n) is 9.10. The van der Waals surface area contributed by atoms with Crippen LogP contribution in [0, 0.1) is 0 Å². The summed E-state index contributed by atoms with van der Waals surface area (Å²) in [6.07, 6.45) is 3.43. The zero-order chi connectivity index (χ0) is 19.5. The Hall–Kier alpha value is -2.90. The summed E-state index contributed by atoms with van der Waals surface area (Å²) >= 11 is 6.08. The van der Waals surface area contributed by atoms with E-state index < -0.39 is 0 Å². The SMILES string of the molecule is O=C(CN1CCN(C(=O)c2cnn3ccccc23)CC1)Nc1ccccc1Cl. The van der Waals surface area contributed by atoms with E-state index in [2.05, 4.69) is 10.4 Å². The molecule has 0 unspecified atom stereocenters. The van der Waals surface area contributed by atoms with Crippen LogP contribution in [-0.2, 0) is 4.79 Å². The molecule has 0 radical (unpaired) electrons. The number of rotatable bonds is 4. The van der Waals surface area contributed by atoms with Gasteiger partial charge in [-0.15, -0.1) is 0 Å². The molecule has 3 heterocycles. The number of para-hydroxylation sites is 1. The van der Waals surface area contributed by atoms with Crippen LogP contribution in [0.3, 0.4) is 0 Å². The van der Waals surface area contributed by atoms with Gasteiger partial charge in [0.05, 0.1) is 34.5 Å². The van der Waals surface area contributed by atoms with Gasteiger partial charge < -0.3 is 10.2 Å². The lowest BCUT2D eigenvalue weighted by Gasteiger charge is -2.34. The van der Waals surface area contributed by atoms with E-state index in [4.69, 9.17) is 11.6 Å². The van der Waals surface area contributed by atoms with Gasteiger partial charge in [0, 0.05) is 32.4 Å². The van der Waals surface area contributed by atoms with E-state index >= 15 is 0 Å². The third kappa shape index (κ3) is 3.85. The molecule has 2 amide bonds. The van der Waals surface area contributed by atoms with Gasteiger partial charge in [-0.1, -0.05) is 29.8 Å². The molecule has 0 atom stereocenters. The van der Waals surface area contributed by atoms with Crippen LogP contribution in [0.25, 0.3) is 5.52 Å². The predicted octanol–water partition coefficient (Wildman–Crippen LogP) is 2.38. The fraction of sp³-hybridized carbons (Fsp3) is 0.250. The van der Waals surface area contributed by atoms with E-state index in [1.807, 2.05) is 46.3 Å². The molecule has 0 saturated carbocycles. The third-order valence-electron chi connectivity index (χ3n) is 4.83. The largest absolute Gasteiger partial charge is 0.336 e. The first kappa shape index (κ1) is 18.5. The van der Waals surface area contributed by atoms with Crippen molar-refractivity contribution in [3.8, 4) is 0 Å². The summed E-state index contributed by atoms with van der Waals surface area (Å²) in [6, 6.07) is 12.8. The number of amides is 2. The zero-order valence-corrected chi connectivity index (χ0v) is 16.0. The van der Waals surface area contributed by atoms with Crippen LogP contribution in [0.15, 0.2) is 54.9 Å². The third-order valence-corrected chi connectivity index (χ3v) is 5.16. The minimum atomic E-state index is -0.115. The standard InChI is InChI=1S/C20H20ClN5O2/c21-16-5-1-2-6-17(16)23-19(27)14-24-9-11-25(12-10-24)20(28)15-13-22-26-8-4-3-7-18(15)26/h1-8,13H,9-12,14H2,(H,23,27). The Labute approximate surface area is 167 Å². The summed E-state index contributed by atoms with van der Waals surface area (Å²) in [4.78, 5) is 29.0. The average molecular weight is 398 g/mol. The lowest BCUT2D eigenvalue weighted by Crippen LogP contribution is -2.50. The van der Waals surface area contributed by atoms with Gasteiger partial charge in [0.25, 0.3) is 5.91 Å². The van der Waals surface area contributed by atoms with Crippen LogP contribution in [0.1, 0.15) is 10.4 Å². The summed E-state index contributed by atoms with van der Waals surface area (Å²) in [5.41, 5.74) is 2.01. The van der Waals surface area contributed by atoms with Crippen LogP contribution in [0.4, 0.5) is 5.69 Å². The highest BCUT2D eigenvalue weighted by molar-refractivity contribution is 6.33. The molecule has 1 N–H and O–H groups in total. The first-order chi connectivity index (χ1) is 13.6. The van der Waals surface area contributed by atoms with Crippen LogP contribution in [-0.4, -0.2) is 64.0 Å². The molecule has 1 aliphatic rings. The second-order valence-corrected chi connectivity index (χ2v) is 7.09. The van der Waals surface area contributed by atoms with E-state index in [0.29, 0.717) is 42.5 Å². The smallest absolute Gasteiger partial charge is 0.257 e. The van der Waals surface area contributed by atoms with Gasteiger partial charge in [-0.3, -0.25) is 14.5 Å². The number of carbonyl (C=O) groups is 2. The van der Waals surface area contributed by atoms with Crippen molar-refractivity contribution in [2.45, 2.75) is 0 Å². The lowest BCUT2D eigenvalue weighted by atomic mass is 10.2. The van der Waals surface area contributed by atoms with Crippen LogP contribution < -0.4 is 5.32 Å². The van der Waals surface area contributed by atoms with E-state index in [9.17, 15) is 9.59 Å². The number of halogens is 1. The Kier molecular flexibility index (Phi) is 5.27. The Morgan fingerprint density at radius 1 is 1.04 bits per heavy atom. The molecule has 2 aromatic heterocycles. The Morgan fingerprint density at radius 2 is 1.79 bits per heavy atom. The molecule has 0 aliphatic carbocycles.